The van der Waals surface area contributed by atoms with Gasteiger partial charge < -0.3 is 10.6 Å². The third-order valence-corrected chi connectivity index (χ3v) is 3.35. The summed E-state index contributed by atoms with van der Waals surface area (Å²) in [6.07, 6.45) is 0.881. The Kier molecular flexibility index (Phi) is 3.87. The summed E-state index contributed by atoms with van der Waals surface area (Å²) < 4.78 is 0. The van der Waals surface area contributed by atoms with Crippen LogP contribution in [0.4, 0.5) is 10.5 Å². The van der Waals surface area contributed by atoms with Crippen LogP contribution >= 0.6 is 0 Å². The largest absolute Gasteiger partial charge is 0.330 e. The van der Waals surface area contributed by atoms with E-state index in [9.17, 15) is 4.79 Å². The van der Waals surface area contributed by atoms with Gasteiger partial charge in [0.25, 0.3) is 0 Å². The SMILES string of the molecule is CC(C)N1CCN(c2ccc(CCN)cc2)C1=O. The van der Waals surface area contributed by atoms with Crippen molar-refractivity contribution in [2.75, 3.05) is 24.5 Å². The zero-order valence-corrected chi connectivity index (χ0v) is 11.1. The van der Waals surface area contributed by atoms with E-state index in [4.69, 9.17) is 5.73 Å². The minimum Gasteiger partial charge on any atom is -0.330 e. The second-order valence-corrected chi connectivity index (χ2v) is 4.93. The van der Waals surface area contributed by atoms with Crippen LogP contribution in [0.15, 0.2) is 24.3 Å². The van der Waals surface area contributed by atoms with Crippen LogP contribution in [-0.4, -0.2) is 36.6 Å². The molecule has 1 aromatic carbocycles. The Hall–Kier alpha value is -1.55. The lowest BCUT2D eigenvalue weighted by molar-refractivity contribution is 0.209. The third kappa shape index (κ3) is 2.48. The molecule has 1 aromatic rings. The number of rotatable bonds is 4. The Balaban J connectivity index is 2.11. The van der Waals surface area contributed by atoms with Gasteiger partial charge in [0, 0.05) is 24.8 Å². The van der Waals surface area contributed by atoms with Crippen molar-refractivity contribution in [2.24, 2.45) is 5.73 Å². The van der Waals surface area contributed by atoms with Crippen molar-refractivity contribution < 1.29 is 4.79 Å². The zero-order valence-electron chi connectivity index (χ0n) is 11.1. The Morgan fingerprint density at radius 2 is 1.89 bits per heavy atom. The highest BCUT2D eigenvalue weighted by molar-refractivity contribution is 5.94. The van der Waals surface area contributed by atoms with Crippen molar-refractivity contribution in [2.45, 2.75) is 26.3 Å². The third-order valence-electron chi connectivity index (χ3n) is 3.35. The first-order chi connectivity index (χ1) is 8.63. The van der Waals surface area contributed by atoms with Crippen molar-refractivity contribution in [3.63, 3.8) is 0 Å². The summed E-state index contributed by atoms with van der Waals surface area (Å²) in [5, 5.41) is 0. The molecule has 1 heterocycles. The average Bonchev–Trinajstić information content (AvgIpc) is 2.73. The van der Waals surface area contributed by atoms with E-state index in [0.717, 1.165) is 25.2 Å². The first kappa shape index (κ1) is 12.9. The Morgan fingerprint density at radius 1 is 1.22 bits per heavy atom. The number of hydrogen-bond acceptors (Lipinski definition) is 2. The summed E-state index contributed by atoms with van der Waals surface area (Å²) >= 11 is 0. The molecule has 0 spiro atoms. The molecular formula is C14H21N3O. The Labute approximate surface area is 108 Å². The maximum atomic E-state index is 12.2. The summed E-state index contributed by atoms with van der Waals surface area (Å²) in [6.45, 7) is 6.33. The standard InChI is InChI=1S/C14H21N3O/c1-11(2)16-9-10-17(14(16)18)13-5-3-12(4-6-13)7-8-15/h3-6,11H,7-10,15H2,1-2H3. The molecule has 4 nitrogen and oxygen atoms in total. The summed E-state index contributed by atoms with van der Waals surface area (Å²) in [7, 11) is 0. The molecule has 0 saturated carbocycles. The number of benzene rings is 1. The molecule has 1 aliphatic heterocycles. The average molecular weight is 247 g/mol. The zero-order chi connectivity index (χ0) is 13.1. The molecule has 2 N–H and O–H groups in total. The quantitative estimate of drug-likeness (QED) is 0.882. The summed E-state index contributed by atoms with van der Waals surface area (Å²) in [5.41, 5.74) is 7.72. The monoisotopic (exact) mass is 247 g/mol. The van der Waals surface area contributed by atoms with Gasteiger partial charge in [0.15, 0.2) is 0 Å². The van der Waals surface area contributed by atoms with Crippen molar-refractivity contribution in [1.82, 2.24) is 4.90 Å². The summed E-state index contributed by atoms with van der Waals surface area (Å²) in [6, 6.07) is 8.48. The molecule has 1 saturated heterocycles. The fourth-order valence-electron chi connectivity index (χ4n) is 2.28. The highest BCUT2D eigenvalue weighted by atomic mass is 16.2. The second kappa shape index (κ2) is 5.40. The lowest BCUT2D eigenvalue weighted by Gasteiger charge is -2.21. The van der Waals surface area contributed by atoms with Gasteiger partial charge in [-0.1, -0.05) is 12.1 Å². The van der Waals surface area contributed by atoms with Crippen LogP contribution in [0.5, 0.6) is 0 Å². The molecule has 0 bridgehead atoms. The number of carbonyl (C=O) groups is 1. The van der Waals surface area contributed by atoms with Crippen LogP contribution in [0.25, 0.3) is 0 Å². The highest BCUT2D eigenvalue weighted by Crippen LogP contribution is 2.22. The Morgan fingerprint density at radius 3 is 2.39 bits per heavy atom. The molecule has 1 fully saturated rings. The van der Waals surface area contributed by atoms with Gasteiger partial charge in [0.05, 0.1) is 0 Å². The topological polar surface area (TPSA) is 49.6 Å². The predicted molar refractivity (Wildman–Crippen MR) is 73.8 cm³/mol. The summed E-state index contributed by atoms with van der Waals surface area (Å²) in [4.78, 5) is 15.9. The second-order valence-electron chi connectivity index (χ2n) is 4.93. The molecular weight excluding hydrogens is 226 g/mol. The van der Waals surface area contributed by atoms with Gasteiger partial charge in [0.1, 0.15) is 0 Å². The molecule has 0 atom stereocenters. The van der Waals surface area contributed by atoms with E-state index in [1.807, 2.05) is 47.9 Å². The maximum Gasteiger partial charge on any atom is 0.324 e. The molecule has 1 aliphatic rings. The lowest BCUT2D eigenvalue weighted by Crippen LogP contribution is -2.36. The van der Waals surface area contributed by atoms with Gasteiger partial charge in [-0.3, -0.25) is 4.90 Å². The van der Waals surface area contributed by atoms with E-state index in [2.05, 4.69) is 0 Å². The minimum absolute atomic E-state index is 0.108. The summed E-state index contributed by atoms with van der Waals surface area (Å²) in [5.74, 6) is 0. The number of nitrogens with zero attached hydrogens (tertiary/aromatic N) is 2. The Bertz CT molecular complexity index is 414. The van der Waals surface area contributed by atoms with E-state index < -0.39 is 0 Å². The number of anilines is 1. The molecule has 98 valence electrons. The van der Waals surface area contributed by atoms with E-state index in [0.29, 0.717) is 6.54 Å². The maximum absolute atomic E-state index is 12.2. The molecule has 0 radical (unpaired) electrons. The van der Waals surface area contributed by atoms with E-state index in [1.54, 1.807) is 0 Å². The number of hydrogen-bond donors (Lipinski definition) is 1. The van der Waals surface area contributed by atoms with Crippen LogP contribution in [0.3, 0.4) is 0 Å². The van der Waals surface area contributed by atoms with Crippen molar-refractivity contribution >= 4 is 11.7 Å². The van der Waals surface area contributed by atoms with E-state index >= 15 is 0 Å². The fraction of sp³-hybridized carbons (Fsp3) is 0.500. The van der Waals surface area contributed by atoms with Gasteiger partial charge in [-0.2, -0.15) is 0 Å². The minimum atomic E-state index is 0.108. The van der Waals surface area contributed by atoms with Gasteiger partial charge in [-0.05, 0) is 44.5 Å². The fourth-order valence-corrected chi connectivity index (χ4v) is 2.28. The predicted octanol–water partition coefficient (Wildman–Crippen LogP) is 1.84. The van der Waals surface area contributed by atoms with Crippen LogP contribution in [0.2, 0.25) is 0 Å². The van der Waals surface area contributed by atoms with Crippen molar-refractivity contribution in [1.29, 1.82) is 0 Å². The van der Waals surface area contributed by atoms with Crippen molar-refractivity contribution in [3.05, 3.63) is 29.8 Å². The number of carbonyl (C=O) groups excluding carboxylic acids is 1. The smallest absolute Gasteiger partial charge is 0.324 e. The van der Waals surface area contributed by atoms with Crippen LogP contribution in [-0.2, 0) is 6.42 Å². The van der Waals surface area contributed by atoms with Crippen LogP contribution < -0.4 is 10.6 Å². The van der Waals surface area contributed by atoms with Crippen LogP contribution in [0, 0.1) is 0 Å². The number of nitrogens with two attached hydrogens (primary N) is 1. The molecule has 0 unspecified atom stereocenters. The van der Waals surface area contributed by atoms with Crippen LogP contribution in [0.1, 0.15) is 19.4 Å². The molecule has 2 amide bonds. The normalized spacial score (nSPS) is 15.9. The van der Waals surface area contributed by atoms with Gasteiger partial charge in [0.2, 0.25) is 0 Å². The first-order valence-electron chi connectivity index (χ1n) is 6.50. The molecule has 4 heteroatoms. The van der Waals surface area contributed by atoms with Crippen molar-refractivity contribution in [3.8, 4) is 0 Å². The van der Waals surface area contributed by atoms with Gasteiger partial charge >= 0.3 is 6.03 Å². The number of amides is 2. The van der Waals surface area contributed by atoms with Gasteiger partial charge in [-0.15, -0.1) is 0 Å². The molecule has 0 aliphatic carbocycles. The molecule has 0 aromatic heterocycles. The first-order valence-corrected chi connectivity index (χ1v) is 6.50. The van der Waals surface area contributed by atoms with E-state index in [-0.39, 0.29) is 12.1 Å². The molecule has 18 heavy (non-hydrogen) atoms. The van der Waals surface area contributed by atoms with E-state index in [1.165, 1.54) is 5.56 Å². The molecule has 2 rings (SSSR count). The lowest BCUT2D eigenvalue weighted by atomic mass is 10.1. The van der Waals surface area contributed by atoms with Gasteiger partial charge in [-0.25, -0.2) is 4.79 Å². The highest BCUT2D eigenvalue weighted by Gasteiger charge is 2.30. The number of urea groups is 1.